The van der Waals surface area contributed by atoms with Crippen LogP contribution in [0, 0.1) is 0 Å². The molecular weight excluding hydrogens is 400 g/mol. The number of hydrogen-bond donors (Lipinski definition) is 0. The highest BCUT2D eigenvalue weighted by Crippen LogP contribution is 2.20. The van der Waals surface area contributed by atoms with Crippen LogP contribution in [-0.2, 0) is 17.6 Å². The van der Waals surface area contributed by atoms with E-state index in [9.17, 15) is 0 Å². The second kappa shape index (κ2) is 9.04. The lowest BCUT2D eigenvalue weighted by molar-refractivity contribution is 0.122. The fourth-order valence-corrected chi connectivity index (χ4v) is 4.01. The highest BCUT2D eigenvalue weighted by molar-refractivity contribution is 5.45. The zero-order chi connectivity index (χ0) is 21.9. The Morgan fingerprint density at radius 3 is 2.66 bits per heavy atom. The Bertz CT molecular complexity index is 1210. The summed E-state index contributed by atoms with van der Waals surface area (Å²) in [5.74, 6) is 2.16. The van der Waals surface area contributed by atoms with Gasteiger partial charge in [-0.3, -0.25) is 4.98 Å². The summed E-state index contributed by atoms with van der Waals surface area (Å²) in [6.07, 6.45) is 7.16. The molecule has 0 unspecified atom stereocenters. The first-order valence-electron chi connectivity index (χ1n) is 11.2. The summed E-state index contributed by atoms with van der Waals surface area (Å²) in [6.45, 7) is 7.47. The van der Waals surface area contributed by atoms with Crippen LogP contribution in [0.4, 0.5) is 5.82 Å². The van der Waals surface area contributed by atoms with Crippen LogP contribution in [0.1, 0.15) is 48.2 Å². The molecule has 1 aliphatic rings. The van der Waals surface area contributed by atoms with Gasteiger partial charge in [-0.1, -0.05) is 19.9 Å². The van der Waals surface area contributed by atoms with Crippen molar-refractivity contribution in [3.8, 4) is 0 Å². The lowest BCUT2D eigenvalue weighted by Crippen LogP contribution is -2.37. The predicted octanol–water partition coefficient (Wildman–Crippen LogP) is 3.66. The Labute approximate surface area is 188 Å². The number of rotatable bonds is 6. The second-order valence-corrected chi connectivity index (χ2v) is 8.52. The van der Waals surface area contributed by atoms with Gasteiger partial charge in [0.05, 0.1) is 25.3 Å². The van der Waals surface area contributed by atoms with Crippen LogP contribution in [0.25, 0.3) is 5.65 Å². The van der Waals surface area contributed by atoms with E-state index < -0.39 is 0 Å². The topological polar surface area (TPSA) is 68.4 Å². The average molecular weight is 429 g/mol. The van der Waals surface area contributed by atoms with E-state index in [1.54, 1.807) is 0 Å². The van der Waals surface area contributed by atoms with Crippen molar-refractivity contribution in [2.24, 2.45) is 0 Å². The molecule has 1 aliphatic heterocycles. The van der Waals surface area contributed by atoms with E-state index in [2.05, 4.69) is 60.1 Å². The minimum Gasteiger partial charge on any atom is -0.378 e. The van der Waals surface area contributed by atoms with Crippen LogP contribution in [0.5, 0.6) is 0 Å². The molecule has 4 aromatic rings. The van der Waals surface area contributed by atoms with Gasteiger partial charge in [0.25, 0.3) is 0 Å². The largest absolute Gasteiger partial charge is 0.378 e. The number of pyridine rings is 2. The van der Waals surface area contributed by atoms with Crippen molar-refractivity contribution in [2.45, 2.75) is 32.6 Å². The summed E-state index contributed by atoms with van der Waals surface area (Å²) in [6, 6.07) is 12.6. The molecule has 0 atom stereocenters. The van der Waals surface area contributed by atoms with Crippen molar-refractivity contribution in [3.05, 3.63) is 83.5 Å². The number of hydrogen-bond acceptors (Lipinski definition) is 6. The van der Waals surface area contributed by atoms with Crippen LogP contribution < -0.4 is 4.90 Å². The first kappa shape index (κ1) is 20.6. The molecule has 1 saturated heterocycles. The molecule has 0 radical (unpaired) electrons. The summed E-state index contributed by atoms with van der Waals surface area (Å²) >= 11 is 0. The van der Waals surface area contributed by atoms with Crippen molar-refractivity contribution >= 4 is 11.5 Å². The van der Waals surface area contributed by atoms with Gasteiger partial charge >= 0.3 is 0 Å². The minimum atomic E-state index is 0.392. The van der Waals surface area contributed by atoms with Crippen LogP contribution >= 0.6 is 0 Å². The second-order valence-electron chi connectivity index (χ2n) is 8.52. The number of anilines is 1. The molecule has 164 valence electrons. The van der Waals surface area contributed by atoms with Crippen molar-refractivity contribution in [1.29, 1.82) is 0 Å². The van der Waals surface area contributed by atoms with Crippen LogP contribution in [0.3, 0.4) is 0 Å². The van der Waals surface area contributed by atoms with Gasteiger partial charge in [-0.15, -0.1) is 0 Å². The van der Waals surface area contributed by atoms with Crippen LogP contribution in [0.2, 0.25) is 0 Å². The number of nitrogens with zero attached hydrogens (tertiary/aromatic N) is 6. The molecule has 7 nitrogen and oxygen atoms in total. The van der Waals surface area contributed by atoms with Crippen molar-refractivity contribution in [1.82, 2.24) is 24.3 Å². The summed E-state index contributed by atoms with van der Waals surface area (Å²) < 4.78 is 7.55. The molecular formula is C25H28N6O. The molecule has 0 amide bonds. The molecule has 4 aromatic heterocycles. The molecule has 0 saturated carbocycles. The summed E-state index contributed by atoms with van der Waals surface area (Å²) in [5, 5.41) is 0. The highest BCUT2D eigenvalue weighted by Gasteiger charge is 2.16. The molecule has 0 aliphatic carbocycles. The van der Waals surface area contributed by atoms with Gasteiger partial charge in [0.2, 0.25) is 0 Å². The van der Waals surface area contributed by atoms with E-state index in [1.807, 2.05) is 23.0 Å². The smallest absolute Gasteiger partial charge is 0.136 e. The third-order valence-electron chi connectivity index (χ3n) is 5.75. The monoisotopic (exact) mass is 428 g/mol. The van der Waals surface area contributed by atoms with E-state index in [0.29, 0.717) is 12.3 Å². The Balaban J connectivity index is 1.47. The van der Waals surface area contributed by atoms with E-state index in [4.69, 9.17) is 19.7 Å². The van der Waals surface area contributed by atoms with Crippen molar-refractivity contribution in [3.63, 3.8) is 0 Å². The lowest BCUT2D eigenvalue weighted by Gasteiger charge is -2.28. The highest BCUT2D eigenvalue weighted by atomic mass is 16.5. The standard InChI is InChI=1S/C25H28N6O/c1-18(2)22-5-3-4-20(27-22)16-23-28-21(17-25(29-23)31-10-12-32-13-11-31)14-19-6-8-30-9-7-26-24(30)15-19/h3-9,15,17-18H,10-14,16H2,1-2H3. The van der Waals surface area contributed by atoms with Crippen molar-refractivity contribution in [2.75, 3.05) is 31.2 Å². The van der Waals surface area contributed by atoms with Crippen LogP contribution in [0.15, 0.2) is 55.0 Å². The summed E-state index contributed by atoms with van der Waals surface area (Å²) in [4.78, 5) is 21.4. The van der Waals surface area contributed by atoms with Gasteiger partial charge in [0.15, 0.2) is 0 Å². The fraction of sp³-hybridized carbons (Fsp3) is 0.360. The quantitative estimate of drug-likeness (QED) is 0.467. The fourth-order valence-electron chi connectivity index (χ4n) is 4.01. The number of imidazole rings is 1. The van der Waals surface area contributed by atoms with E-state index >= 15 is 0 Å². The van der Waals surface area contributed by atoms with E-state index in [0.717, 1.165) is 67.1 Å². The molecule has 0 aromatic carbocycles. The molecule has 7 heteroatoms. The number of ether oxygens (including phenoxy) is 1. The van der Waals surface area contributed by atoms with E-state index in [-0.39, 0.29) is 0 Å². The average Bonchev–Trinajstić information content (AvgIpc) is 3.28. The summed E-state index contributed by atoms with van der Waals surface area (Å²) in [5.41, 5.74) is 5.23. The number of morpholine rings is 1. The maximum absolute atomic E-state index is 5.54. The molecule has 0 N–H and O–H groups in total. The Hall–Kier alpha value is -3.32. The van der Waals surface area contributed by atoms with Crippen LogP contribution in [-0.4, -0.2) is 50.6 Å². The Kier molecular flexibility index (Phi) is 5.81. The zero-order valence-electron chi connectivity index (χ0n) is 18.6. The van der Waals surface area contributed by atoms with Gasteiger partial charge in [0, 0.05) is 55.6 Å². The minimum absolute atomic E-state index is 0.392. The molecule has 0 bridgehead atoms. The molecule has 32 heavy (non-hydrogen) atoms. The van der Waals surface area contributed by atoms with Gasteiger partial charge in [0.1, 0.15) is 17.3 Å². The van der Waals surface area contributed by atoms with Gasteiger partial charge in [-0.25, -0.2) is 15.0 Å². The first-order chi connectivity index (χ1) is 15.6. The zero-order valence-corrected chi connectivity index (χ0v) is 18.6. The maximum Gasteiger partial charge on any atom is 0.136 e. The number of aromatic nitrogens is 5. The van der Waals surface area contributed by atoms with Gasteiger partial charge in [-0.2, -0.15) is 0 Å². The predicted molar refractivity (Wildman–Crippen MR) is 124 cm³/mol. The Morgan fingerprint density at radius 2 is 1.81 bits per heavy atom. The third kappa shape index (κ3) is 4.62. The normalized spacial score (nSPS) is 14.4. The molecule has 0 spiro atoms. The lowest BCUT2D eigenvalue weighted by atomic mass is 10.1. The SMILES string of the molecule is CC(C)c1cccc(Cc2nc(Cc3ccn4ccnc4c3)cc(N3CCOCC3)n2)n1. The van der Waals surface area contributed by atoms with Gasteiger partial charge < -0.3 is 14.0 Å². The van der Waals surface area contributed by atoms with Gasteiger partial charge in [-0.05, 0) is 35.7 Å². The van der Waals surface area contributed by atoms with Crippen molar-refractivity contribution < 1.29 is 4.74 Å². The first-order valence-corrected chi connectivity index (χ1v) is 11.2. The maximum atomic E-state index is 5.54. The molecule has 5 rings (SSSR count). The summed E-state index contributed by atoms with van der Waals surface area (Å²) in [7, 11) is 0. The third-order valence-corrected chi connectivity index (χ3v) is 5.75. The Morgan fingerprint density at radius 1 is 0.938 bits per heavy atom. The molecule has 1 fully saturated rings. The van der Waals surface area contributed by atoms with E-state index in [1.165, 1.54) is 5.56 Å². The number of fused-ring (bicyclic) bond motifs is 1. The molecule has 5 heterocycles.